The van der Waals surface area contributed by atoms with Crippen LogP contribution in [0.15, 0.2) is 24.3 Å². The molecule has 0 saturated carbocycles. The fourth-order valence-electron chi connectivity index (χ4n) is 4.49. The van der Waals surface area contributed by atoms with Crippen molar-refractivity contribution in [3.8, 4) is 11.5 Å². The Kier molecular flexibility index (Phi) is 3.97. The number of allylic oxidation sites excluding steroid dienone is 1. The lowest BCUT2D eigenvalue weighted by Gasteiger charge is -2.57. The molecule has 1 aromatic carbocycles. The van der Waals surface area contributed by atoms with Gasteiger partial charge in [0.1, 0.15) is 5.60 Å². The molecule has 0 aromatic heterocycles. The van der Waals surface area contributed by atoms with Crippen LogP contribution in [-0.2, 0) is 10.2 Å². The summed E-state index contributed by atoms with van der Waals surface area (Å²) in [5, 5.41) is 22.0. The Hall–Kier alpha value is -1.85. The van der Waals surface area contributed by atoms with E-state index in [-0.39, 0.29) is 24.0 Å². The fourth-order valence-corrected chi connectivity index (χ4v) is 4.49. The van der Waals surface area contributed by atoms with E-state index in [1.165, 1.54) is 13.2 Å². The lowest BCUT2D eigenvalue weighted by Crippen LogP contribution is -2.67. The van der Waals surface area contributed by atoms with E-state index in [9.17, 15) is 15.0 Å². The van der Waals surface area contributed by atoms with Gasteiger partial charge < -0.3 is 19.8 Å². The minimum atomic E-state index is -1.21. The zero-order valence-corrected chi connectivity index (χ0v) is 14.7. The van der Waals surface area contributed by atoms with Crippen molar-refractivity contribution in [1.82, 2.24) is 4.90 Å². The van der Waals surface area contributed by atoms with Crippen molar-refractivity contribution in [3.63, 3.8) is 0 Å². The summed E-state index contributed by atoms with van der Waals surface area (Å²) in [5.41, 5.74) is -0.369. The minimum absolute atomic E-state index is 0.0128. The number of likely N-dealkylation sites (tertiary alicyclic amines) is 1. The van der Waals surface area contributed by atoms with E-state index in [1.54, 1.807) is 12.1 Å². The quantitative estimate of drug-likeness (QED) is 0.867. The number of aliphatic hydroxyl groups is 1. The molecule has 5 heteroatoms. The summed E-state index contributed by atoms with van der Waals surface area (Å²) >= 11 is 0. The second-order valence-electron chi connectivity index (χ2n) is 7.10. The van der Waals surface area contributed by atoms with Crippen molar-refractivity contribution >= 4 is 5.78 Å². The number of carbonyl (C=O) groups excluding carboxylic acids is 1. The number of nitrogens with zero attached hydrogens (tertiary/aromatic N) is 1. The van der Waals surface area contributed by atoms with Gasteiger partial charge in [-0.2, -0.15) is 0 Å². The van der Waals surface area contributed by atoms with Crippen LogP contribution in [0.25, 0.3) is 0 Å². The molecule has 2 aliphatic rings. The van der Waals surface area contributed by atoms with Crippen LogP contribution < -0.4 is 4.74 Å². The number of fused-ring (bicyclic) bond motifs is 1. The van der Waals surface area contributed by atoms with Gasteiger partial charge in [0.15, 0.2) is 17.3 Å². The van der Waals surface area contributed by atoms with E-state index in [1.807, 2.05) is 27.0 Å². The van der Waals surface area contributed by atoms with Gasteiger partial charge in [0.2, 0.25) is 0 Å². The molecular formula is C19H25NO4. The maximum atomic E-state index is 12.3. The maximum Gasteiger partial charge on any atom is 0.164 e. The highest BCUT2D eigenvalue weighted by Gasteiger charge is 2.60. The van der Waals surface area contributed by atoms with Crippen molar-refractivity contribution < 1.29 is 19.7 Å². The second-order valence-corrected chi connectivity index (χ2v) is 7.10. The predicted molar refractivity (Wildman–Crippen MR) is 91.5 cm³/mol. The van der Waals surface area contributed by atoms with Crippen molar-refractivity contribution in [1.29, 1.82) is 0 Å². The summed E-state index contributed by atoms with van der Waals surface area (Å²) in [7, 11) is 3.48. The first-order chi connectivity index (χ1) is 11.3. The number of piperidine rings is 1. The van der Waals surface area contributed by atoms with Crippen molar-refractivity contribution in [3.05, 3.63) is 35.4 Å². The topological polar surface area (TPSA) is 70.0 Å². The molecule has 1 saturated heterocycles. The van der Waals surface area contributed by atoms with E-state index in [0.29, 0.717) is 12.2 Å². The first-order valence-electron chi connectivity index (χ1n) is 8.28. The molecule has 5 nitrogen and oxygen atoms in total. The first-order valence-corrected chi connectivity index (χ1v) is 8.28. The van der Waals surface area contributed by atoms with Crippen LogP contribution >= 0.6 is 0 Å². The van der Waals surface area contributed by atoms with Crippen molar-refractivity contribution in [2.24, 2.45) is 0 Å². The molecule has 1 heterocycles. The molecule has 24 heavy (non-hydrogen) atoms. The summed E-state index contributed by atoms with van der Waals surface area (Å²) < 4.78 is 5.49. The summed E-state index contributed by atoms with van der Waals surface area (Å²) in [5.74, 6) is 0.373. The number of hydrogen-bond donors (Lipinski definition) is 2. The van der Waals surface area contributed by atoms with Crippen LogP contribution in [0.5, 0.6) is 11.5 Å². The number of rotatable bonds is 2. The van der Waals surface area contributed by atoms with E-state index in [0.717, 1.165) is 17.7 Å². The molecule has 1 aliphatic heterocycles. The fraction of sp³-hybridized carbons (Fsp3) is 0.526. The van der Waals surface area contributed by atoms with Crippen LogP contribution in [0.2, 0.25) is 0 Å². The second kappa shape index (κ2) is 5.60. The summed E-state index contributed by atoms with van der Waals surface area (Å²) in [6.45, 7) is 4.65. The lowest BCUT2D eigenvalue weighted by molar-refractivity contribution is -0.130. The molecule has 2 N–H and O–H groups in total. The molecule has 3 rings (SSSR count). The van der Waals surface area contributed by atoms with Gasteiger partial charge in [-0.05, 0) is 57.6 Å². The van der Waals surface area contributed by atoms with Gasteiger partial charge in [-0.15, -0.1) is 0 Å². The molecular weight excluding hydrogens is 306 g/mol. The highest BCUT2D eigenvalue weighted by Crippen LogP contribution is 2.55. The highest BCUT2D eigenvalue weighted by atomic mass is 16.5. The number of phenols is 1. The van der Waals surface area contributed by atoms with Gasteiger partial charge in [-0.3, -0.25) is 4.79 Å². The van der Waals surface area contributed by atoms with Crippen LogP contribution in [0.1, 0.15) is 30.9 Å². The SMILES string of the molecule is COc1c(O)ccc(C)c1C12CCN(C)C(C)C1(O)C=CC(=O)C2. The van der Waals surface area contributed by atoms with Crippen LogP contribution in [0.3, 0.4) is 0 Å². The third kappa shape index (κ3) is 2.11. The highest BCUT2D eigenvalue weighted by molar-refractivity contribution is 5.93. The van der Waals surface area contributed by atoms with Gasteiger partial charge in [0.25, 0.3) is 0 Å². The Labute approximate surface area is 142 Å². The van der Waals surface area contributed by atoms with E-state index in [2.05, 4.69) is 4.90 Å². The number of likely N-dealkylation sites (N-methyl/N-ethyl adjacent to an activating group) is 1. The Bertz CT molecular complexity index is 714. The molecule has 0 spiro atoms. The number of hydrogen-bond acceptors (Lipinski definition) is 5. The van der Waals surface area contributed by atoms with Crippen LogP contribution in [-0.4, -0.2) is 53.2 Å². The Morgan fingerprint density at radius 2 is 2.08 bits per heavy atom. The zero-order chi connectivity index (χ0) is 17.7. The Balaban J connectivity index is 2.33. The molecule has 0 bridgehead atoms. The normalized spacial score (nSPS) is 33.4. The van der Waals surface area contributed by atoms with E-state index in [4.69, 9.17) is 4.74 Å². The van der Waals surface area contributed by atoms with Gasteiger partial charge in [-0.25, -0.2) is 0 Å². The standard InChI is InChI=1S/C19H25NO4/c1-12-5-6-15(22)17(24-4)16(12)18-9-10-20(3)13(2)19(18,23)8-7-14(21)11-18/h5-8,13,22-23H,9-11H2,1-4H3. The number of ether oxygens (including phenoxy) is 1. The first kappa shape index (κ1) is 17.0. The predicted octanol–water partition coefficient (Wildman–Crippen LogP) is 1.93. The average molecular weight is 331 g/mol. The van der Waals surface area contributed by atoms with E-state index >= 15 is 0 Å². The number of methoxy groups -OCH3 is 1. The van der Waals surface area contributed by atoms with Gasteiger partial charge in [0.05, 0.1) is 7.11 Å². The number of aromatic hydroxyl groups is 1. The van der Waals surface area contributed by atoms with Gasteiger partial charge in [0, 0.05) is 23.4 Å². The molecule has 130 valence electrons. The molecule has 1 fully saturated rings. The van der Waals surface area contributed by atoms with E-state index < -0.39 is 11.0 Å². The molecule has 0 amide bonds. The lowest BCUT2D eigenvalue weighted by atomic mass is 9.55. The number of benzene rings is 1. The molecule has 1 aromatic rings. The van der Waals surface area contributed by atoms with Crippen molar-refractivity contribution in [2.45, 2.75) is 43.7 Å². The largest absolute Gasteiger partial charge is 0.504 e. The number of aryl methyl sites for hydroxylation is 1. The molecule has 1 aliphatic carbocycles. The van der Waals surface area contributed by atoms with Gasteiger partial charge in [-0.1, -0.05) is 6.07 Å². The molecule has 3 atom stereocenters. The smallest absolute Gasteiger partial charge is 0.164 e. The molecule has 0 radical (unpaired) electrons. The van der Waals surface area contributed by atoms with Crippen LogP contribution in [0, 0.1) is 6.92 Å². The number of carbonyl (C=O) groups is 1. The molecule has 3 unspecified atom stereocenters. The third-order valence-electron chi connectivity index (χ3n) is 5.98. The third-order valence-corrected chi connectivity index (χ3v) is 5.98. The monoisotopic (exact) mass is 331 g/mol. The average Bonchev–Trinajstić information content (AvgIpc) is 2.55. The Morgan fingerprint density at radius 3 is 2.75 bits per heavy atom. The van der Waals surface area contributed by atoms with Crippen molar-refractivity contribution in [2.75, 3.05) is 20.7 Å². The van der Waals surface area contributed by atoms with Crippen LogP contribution in [0.4, 0.5) is 0 Å². The summed E-state index contributed by atoms with van der Waals surface area (Å²) in [6, 6.07) is 3.24. The zero-order valence-electron chi connectivity index (χ0n) is 14.7. The minimum Gasteiger partial charge on any atom is -0.504 e. The Morgan fingerprint density at radius 1 is 1.38 bits per heavy atom. The van der Waals surface area contributed by atoms with Gasteiger partial charge >= 0.3 is 0 Å². The number of phenolic OH excluding ortho intramolecular Hbond substituents is 1. The summed E-state index contributed by atoms with van der Waals surface area (Å²) in [4.78, 5) is 14.4. The maximum absolute atomic E-state index is 12.3. The summed E-state index contributed by atoms with van der Waals surface area (Å²) in [6.07, 6.45) is 3.94. The number of ketones is 1.